The number of alkyl halides is 5. The maximum Gasteiger partial charge on any atom is 0.455 e. The van der Waals surface area contributed by atoms with Gasteiger partial charge < -0.3 is 25.6 Å². The molecule has 0 fully saturated rings. The third-order valence-corrected chi connectivity index (χ3v) is 6.40. The molecule has 212 valence electrons. The molecular formula is C24H24Cl2F5N5O3. The molecule has 0 radical (unpaired) electrons. The first-order valence-corrected chi connectivity index (χ1v) is 12.0. The van der Waals surface area contributed by atoms with E-state index in [-0.39, 0.29) is 45.2 Å². The Morgan fingerprint density at radius 1 is 1.05 bits per heavy atom. The van der Waals surface area contributed by atoms with E-state index in [0.717, 1.165) is 12.1 Å². The Morgan fingerprint density at radius 2 is 1.69 bits per heavy atom. The van der Waals surface area contributed by atoms with Gasteiger partial charge in [0.25, 0.3) is 5.91 Å². The normalized spacial score (nSPS) is 12.5. The van der Waals surface area contributed by atoms with Crippen LogP contribution < -0.4 is 16.0 Å². The van der Waals surface area contributed by atoms with Gasteiger partial charge >= 0.3 is 12.1 Å². The van der Waals surface area contributed by atoms with Gasteiger partial charge in [0.15, 0.2) is 0 Å². The van der Waals surface area contributed by atoms with Gasteiger partial charge in [-0.3, -0.25) is 9.59 Å². The zero-order chi connectivity index (χ0) is 29.5. The summed E-state index contributed by atoms with van der Waals surface area (Å²) >= 11 is 12.9. The second kappa shape index (κ2) is 10.7. The number of aryl methyl sites for hydroxylation is 1. The summed E-state index contributed by atoms with van der Waals surface area (Å²) in [5.41, 5.74) is 0.00766. The molecule has 0 bridgehead atoms. The predicted molar refractivity (Wildman–Crippen MR) is 137 cm³/mol. The average Bonchev–Trinajstić information content (AvgIpc) is 3.11. The standard InChI is InChI=1S/C24H24Cl2F5N5O3/c1-22(2,3)20(39)32-9-11-5-6-13(25)18(17(11)26)35-21-34-14-7-12(16(37)8-15(14)36(21)4)19(38)33-10-23(27,28)24(29,30)31/h5-8,37H,9-10H2,1-4H3,(H,32,39)(H,33,38)(H,34,35). The third-order valence-electron chi connectivity index (χ3n) is 5.66. The number of phenolic OH excluding ortho intramolecular Hbond substituents is 1. The lowest BCUT2D eigenvalue weighted by Crippen LogP contribution is -2.46. The number of nitrogens with one attached hydrogen (secondary N) is 3. The molecule has 0 saturated carbocycles. The number of halogens is 7. The molecule has 4 N–H and O–H groups in total. The van der Waals surface area contributed by atoms with Gasteiger partial charge in [0.2, 0.25) is 11.9 Å². The third kappa shape index (κ3) is 6.47. The quantitative estimate of drug-likeness (QED) is 0.254. The lowest BCUT2D eigenvalue weighted by molar-refractivity contribution is -0.278. The highest BCUT2D eigenvalue weighted by atomic mass is 35.5. The van der Waals surface area contributed by atoms with Crippen molar-refractivity contribution < 1.29 is 36.6 Å². The van der Waals surface area contributed by atoms with Crippen LogP contribution in [0.25, 0.3) is 11.0 Å². The molecule has 1 heterocycles. The van der Waals surface area contributed by atoms with Gasteiger partial charge in [-0.25, -0.2) is 4.98 Å². The summed E-state index contributed by atoms with van der Waals surface area (Å²) in [7, 11) is 1.55. The lowest BCUT2D eigenvalue weighted by Gasteiger charge is -2.19. The highest BCUT2D eigenvalue weighted by molar-refractivity contribution is 6.39. The maximum atomic E-state index is 13.2. The number of imidazole rings is 1. The summed E-state index contributed by atoms with van der Waals surface area (Å²) in [5, 5.41) is 17.9. The number of hydrogen-bond donors (Lipinski definition) is 4. The van der Waals surface area contributed by atoms with E-state index in [1.165, 1.54) is 9.88 Å². The van der Waals surface area contributed by atoms with Crippen molar-refractivity contribution in [3.05, 3.63) is 45.4 Å². The molecule has 2 amide bonds. The van der Waals surface area contributed by atoms with Crippen molar-refractivity contribution >= 4 is 57.7 Å². The zero-order valence-corrected chi connectivity index (χ0v) is 22.5. The Bertz CT molecular complexity index is 1430. The molecule has 0 atom stereocenters. The van der Waals surface area contributed by atoms with Crippen molar-refractivity contribution in [3.8, 4) is 5.75 Å². The van der Waals surface area contributed by atoms with Gasteiger partial charge in [0.1, 0.15) is 5.75 Å². The molecule has 8 nitrogen and oxygen atoms in total. The number of phenols is 1. The number of anilines is 2. The molecule has 39 heavy (non-hydrogen) atoms. The minimum atomic E-state index is -5.86. The smallest absolute Gasteiger partial charge is 0.455 e. The van der Waals surface area contributed by atoms with Crippen molar-refractivity contribution in [2.75, 3.05) is 11.9 Å². The topological polar surface area (TPSA) is 108 Å². The van der Waals surface area contributed by atoms with E-state index < -0.39 is 41.3 Å². The van der Waals surface area contributed by atoms with Gasteiger partial charge in [0, 0.05) is 25.1 Å². The molecular weight excluding hydrogens is 572 g/mol. The van der Waals surface area contributed by atoms with E-state index in [9.17, 15) is 36.6 Å². The van der Waals surface area contributed by atoms with Crippen LogP contribution in [0, 0.1) is 5.41 Å². The van der Waals surface area contributed by atoms with E-state index in [1.807, 2.05) is 0 Å². The first kappa shape index (κ1) is 30.2. The minimum absolute atomic E-state index is 0.103. The monoisotopic (exact) mass is 595 g/mol. The van der Waals surface area contributed by atoms with Gasteiger partial charge in [0.05, 0.1) is 38.9 Å². The van der Waals surface area contributed by atoms with E-state index in [2.05, 4.69) is 15.6 Å². The second-order valence-corrected chi connectivity index (χ2v) is 10.5. The highest BCUT2D eigenvalue weighted by Crippen LogP contribution is 2.37. The SMILES string of the molecule is Cn1c(Nc2c(Cl)ccc(CNC(=O)C(C)(C)C)c2Cl)nc2cc(C(=O)NCC(F)(F)C(F)(F)F)c(O)cc21. The van der Waals surface area contributed by atoms with Crippen molar-refractivity contribution in [3.63, 3.8) is 0 Å². The predicted octanol–water partition coefficient (Wildman–Crippen LogP) is 5.92. The fraction of sp³-hybridized carbons (Fsp3) is 0.375. The number of aromatic nitrogens is 2. The number of amides is 2. The molecule has 2 aromatic carbocycles. The summed E-state index contributed by atoms with van der Waals surface area (Å²) in [4.78, 5) is 28.8. The van der Waals surface area contributed by atoms with Crippen LogP contribution in [0.4, 0.5) is 33.6 Å². The van der Waals surface area contributed by atoms with Crippen molar-refractivity contribution in [2.45, 2.75) is 39.4 Å². The van der Waals surface area contributed by atoms with E-state index in [0.29, 0.717) is 5.56 Å². The Morgan fingerprint density at radius 3 is 2.28 bits per heavy atom. The summed E-state index contributed by atoms with van der Waals surface area (Å²) in [5.74, 6) is -7.23. The zero-order valence-electron chi connectivity index (χ0n) is 21.0. The number of carbonyl (C=O) groups excluding carboxylic acids is 2. The van der Waals surface area contributed by atoms with E-state index >= 15 is 0 Å². The van der Waals surface area contributed by atoms with Gasteiger partial charge in [-0.15, -0.1) is 0 Å². The van der Waals surface area contributed by atoms with E-state index in [1.54, 1.807) is 40.0 Å². The highest BCUT2D eigenvalue weighted by Gasteiger charge is 2.57. The Hall–Kier alpha value is -3.32. The number of aromatic hydroxyl groups is 1. The molecule has 15 heteroatoms. The maximum absolute atomic E-state index is 13.2. The fourth-order valence-corrected chi connectivity index (χ4v) is 3.84. The molecule has 3 aromatic rings. The van der Waals surface area contributed by atoms with Gasteiger partial charge in [-0.05, 0) is 17.7 Å². The first-order valence-electron chi connectivity index (χ1n) is 11.3. The van der Waals surface area contributed by atoms with Crippen LogP contribution in [0.1, 0.15) is 36.7 Å². The van der Waals surface area contributed by atoms with Crippen molar-refractivity contribution in [2.24, 2.45) is 12.5 Å². The molecule has 0 aliphatic rings. The first-order chi connectivity index (χ1) is 17.8. The minimum Gasteiger partial charge on any atom is -0.507 e. The largest absolute Gasteiger partial charge is 0.507 e. The number of carbonyl (C=O) groups is 2. The van der Waals surface area contributed by atoms with Gasteiger partial charge in [-0.1, -0.05) is 50.0 Å². The fourth-order valence-electron chi connectivity index (χ4n) is 3.31. The molecule has 0 unspecified atom stereocenters. The molecule has 0 saturated heterocycles. The van der Waals surface area contributed by atoms with Crippen LogP contribution in [0.5, 0.6) is 5.75 Å². The molecule has 3 rings (SSSR count). The summed E-state index contributed by atoms with van der Waals surface area (Å²) in [6, 6.07) is 5.34. The van der Waals surface area contributed by atoms with E-state index in [4.69, 9.17) is 23.2 Å². The number of fused-ring (bicyclic) bond motifs is 1. The Labute approximate surface area is 229 Å². The number of rotatable bonds is 7. The lowest BCUT2D eigenvalue weighted by atomic mass is 9.95. The molecule has 0 spiro atoms. The average molecular weight is 596 g/mol. The van der Waals surface area contributed by atoms with Gasteiger partial charge in [-0.2, -0.15) is 22.0 Å². The van der Waals surface area contributed by atoms with Crippen LogP contribution in [-0.2, 0) is 18.4 Å². The number of nitrogens with zero attached hydrogens (tertiary/aromatic N) is 2. The second-order valence-electron chi connectivity index (χ2n) is 9.69. The number of benzene rings is 2. The molecule has 1 aromatic heterocycles. The summed E-state index contributed by atoms with van der Waals surface area (Å²) in [6.07, 6.45) is -5.86. The number of hydrogen-bond acceptors (Lipinski definition) is 5. The van der Waals surface area contributed by atoms with Crippen molar-refractivity contribution in [1.82, 2.24) is 20.2 Å². The Kier molecular flexibility index (Phi) is 8.28. The van der Waals surface area contributed by atoms with Crippen LogP contribution >= 0.6 is 23.2 Å². The van der Waals surface area contributed by atoms with Crippen molar-refractivity contribution in [1.29, 1.82) is 0 Å². The molecule has 0 aliphatic carbocycles. The van der Waals surface area contributed by atoms with Crippen LogP contribution in [-0.4, -0.2) is 45.1 Å². The summed E-state index contributed by atoms with van der Waals surface area (Å²) < 4.78 is 65.0. The summed E-state index contributed by atoms with van der Waals surface area (Å²) in [6.45, 7) is 3.38. The van der Waals surface area contributed by atoms with Crippen LogP contribution in [0.15, 0.2) is 24.3 Å². The van der Waals surface area contributed by atoms with Crippen LogP contribution in [0.2, 0.25) is 10.0 Å². The van der Waals surface area contributed by atoms with Crippen LogP contribution in [0.3, 0.4) is 0 Å². The molecule has 0 aliphatic heterocycles. The Balaban J connectivity index is 1.88.